The molecule has 0 bridgehead atoms. The average Bonchev–Trinajstić information content (AvgIpc) is 3.46. The molecule has 0 radical (unpaired) electrons. The van der Waals surface area contributed by atoms with Crippen molar-refractivity contribution in [2.45, 2.75) is 13.0 Å². The fourth-order valence-electron chi connectivity index (χ4n) is 4.14. The Hall–Kier alpha value is -3.65. The summed E-state index contributed by atoms with van der Waals surface area (Å²) in [6.45, 7) is 5.40. The maximum atomic E-state index is 13.7. The van der Waals surface area contributed by atoms with Crippen LogP contribution in [0.2, 0.25) is 10.0 Å². The van der Waals surface area contributed by atoms with E-state index in [1.807, 2.05) is 30.3 Å². The first-order valence-electron chi connectivity index (χ1n) is 11.3. The number of allylic oxidation sites excluding steroid dienone is 1. The molecule has 6 nitrogen and oxygen atoms in total. The fourth-order valence-corrected chi connectivity index (χ4v) is 5.67. The van der Waals surface area contributed by atoms with E-state index in [1.165, 1.54) is 22.0 Å². The van der Waals surface area contributed by atoms with Crippen LogP contribution in [0.25, 0.3) is 17.4 Å². The molecule has 4 aromatic rings. The maximum Gasteiger partial charge on any atom is 0.338 e. The van der Waals surface area contributed by atoms with E-state index in [4.69, 9.17) is 32.4 Å². The summed E-state index contributed by atoms with van der Waals surface area (Å²) in [5.41, 5.74) is 1.97. The third kappa shape index (κ3) is 4.85. The molecule has 0 N–H and O–H groups in total. The Morgan fingerprint density at radius 2 is 1.97 bits per heavy atom. The fraction of sp³-hybridized carbons (Fsp3) is 0.107. The number of nitrogens with zero attached hydrogens (tertiary/aromatic N) is 2. The Bertz CT molecular complexity index is 1730. The molecule has 0 saturated heterocycles. The quantitative estimate of drug-likeness (QED) is 0.233. The van der Waals surface area contributed by atoms with Gasteiger partial charge in [-0.2, -0.15) is 0 Å². The van der Waals surface area contributed by atoms with Gasteiger partial charge in [-0.3, -0.25) is 9.36 Å². The van der Waals surface area contributed by atoms with Gasteiger partial charge in [0.05, 0.1) is 26.9 Å². The van der Waals surface area contributed by atoms with Gasteiger partial charge in [0.1, 0.15) is 18.1 Å². The highest BCUT2D eigenvalue weighted by Gasteiger charge is 2.33. The Kier molecular flexibility index (Phi) is 7.02. The summed E-state index contributed by atoms with van der Waals surface area (Å²) in [6.07, 6.45) is 3.16. The predicted octanol–water partition coefficient (Wildman–Crippen LogP) is 5.53. The largest absolute Gasteiger partial charge is 0.458 e. The van der Waals surface area contributed by atoms with Crippen LogP contribution in [0.5, 0.6) is 0 Å². The zero-order valence-electron chi connectivity index (χ0n) is 19.6. The number of hydrogen-bond acceptors (Lipinski definition) is 6. The number of thiazole rings is 1. The summed E-state index contributed by atoms with van der Waals surface area (Å²) >= 11 is 13.5. The average molecular weight is 551 g/mol. The topological polar surface area (TPSA) is 73.8 Å². The van der Waals surface area contributed by atoms with E-state index in [1.54, 1.807) is 43.3 Å². The molecular formula is C28H20Cl2N2O4S. The van der Waals surface area contributed by atoms with Crippen LogP contribution in [0, 0.1) is 0 Å². The number of esters is 1. The highest BCUT2D eigenvalue weighted by molar-refractivity contribution is 7.07. The van der Waals surface area contributed by atoms with Crippen LogP contribution in [0.15, 0.2) is 98.8 Å². The lowest BCUT2D eigenvalue weighted by molar-refractivity contribution is -0.138. The summed E-state index contributed by atoms with van der Waals surface area (Å²) in [4.78, 5) is 31.8. The second-order valence-corrected chi connectivity index (χ2v) is 10.1. The Balaban J connectivity index is 1.62. The van der Waals surface area contributed by atoms with Crippen LogP contribution in [0.1, 0.15) is 24.3 Å². The molecule has 9 heteroatoms. The van der Waals surface area contributed by atoms with Crippen molar-refractivity contribution < 1.29 is 13.9 Å². The van der Waals surface area contributed by atoms with Crippen LogP contribution in [-0.4, -0.2) is 17.1 Å². The van der Waals surface area contributed by atoms with Crippen molar-refractivity contribution >= 4 is 46.6 Å². The van der Waals surface area contributed by atoms with E-state index in [9.17, 15) is 9.59 Å². The third-order valence-electron chi connectivity index (χ3n) is 5.79. The summed E-state index contributed by atoms with van der Waals surface area (Å²) in [6, 6.07) is 17.3. The second kappa shape index (κ2) is 10.4. The van der Waals surface area contributed by atoms with Crippen molar-refractivity contribution in [1.82, 2.24) is 4.57 Å². The first-order valence-corrected chi connectivity index (χ1v) is 12.9. The number of rotatable bonds is 6. The lowest BCUT2D eigenvalue weighted by Gasteiger charge is -2.24. The Labute approximate surface area is 226 Å². The van der Waals surface area contributed by atoms with Crippen molar-refractivity contribution in [2.24, 2.45) is 4.99 Å². The molecule has 1 aliphatic rings. The van der Waals surface area contributed by atoms with Crippen LogP contribution in [-0.2, 0) is 9.53 Å². The van der Waals surface area contributed by atoms with Gasteiger partial charge < -0.3 is 9.15 Å². The molecule has 5 rings (SSSR count). The van der Waals surface area contributed by atoms with Gasteiger partial charge >= 0.3 is 5.97 Å². The van der Waals surface area contributed by atoms with Gasteiger partial charge in [-0.25, -0.2) is 9.79 Å². The standard InChI is InChI=1S/C28H20Cl2N2O4S/c1-3-13-35-27(34)24-16(2)31-28-32(25(24)17-7-5-4-6-8-17)26(33)23(37-28)15-19-10-12-22(36-19)20-11-9-18(29)14-21(20)30/h3-12,14-15,25H,1,13H2,2H3/b23-15+/t25-/m1/s1. The molecular weight excluding hydrogens is 531 g/mol. The number of halogens is 2. The Morgan fingerprint density at radius 3 is 2.70 bits per heavy atom. The van der Waals surface area contributed by atoms with Crippen LogP contribution < -0.4 is 14.9 Å². The molecule has 0 fully saturated rings. The summed E-state index contributed by atoms with van der Waals surface area (Å²) < 4.78 is 13.3. The van der Waals surface area contributed by atoms with Gasteiger partial charge in [-0.1, -0.05) is 77.5 Å². The highest BCUT2D eigenvalue weighted by atomic mass is 35.5. The lowest BCUT2D eigenvalue weighted by Crippen LogP contribution is -2.39. The molecule has 0 saturated carbocycles. The number of aromatic nitrogens is 1. The van der Waals surface area contributed by atoms with Crippen molar-refractivity contribution in [1.29, 1.82) is 0 Å². The molecule has 1 atom stereocenters. The molecule has 0 aliphatic carbocycles. The van der Waals surface area contributed by atoms with Gasteiger partial charge in [-0.05, 0) is 42.8 Å². The number of benzene rings is 2. The minimum absolute atomic E-state index is 0.0556. The van der Waals surface area contributed by atoms with Gasteiger partial charge in [0, 0.05) is 16.7 Å². The van der Waals surface area contributed by atoms with Gasteiger partial charge in [0.25, 0.3) is 5.56 Å². The van der Waals surface area contributed by atoms with Crippen LogP contribution >= 0.6 is 34.5 Å². The molecule has 3 heterocycles. The van der Waals surface area contributed by atoms with E-state index < -0.39 is 12.0 Å². The van der Waals surface area contributed by atoms with Crippen molar-refractivity contribution in [3.05, 3.63) is 126 Å². The SMILES string of the molecule is C=CCOC(=O)C1=C(C)N=c2s/c(=C/c3ccc(-c4ccc(Cl)cc4Cl)o3)c(=O)n2[C@@H]1c1ccccc1. The van der Waals surface area contributed by atoms with Crippen LogP contribution in [0.3, 0.4) is 0 Å². The van der Waals surface area contributed by atoms with Gasteiger partial charge in [0.2, 0.25) is 0 Å². The van der Waals surface area contributed by atoms with E-state index >= 15 is 0 Å². The van der Waals surface area contributed by atoms with E-state index in [0.29, 0.717) is 47.7 Å². The molecule has 0 spiro atoms. The number of ether oxygens (including phenoxy) is 1. The number of hydrogen-bond donors (Lipinski definition) is 0. The summed E-state index contributed by atoms with van der Waals surface area (Å²) in [7, 11) is 0. The maximum absolute atomic E-state index is 13.7. The van der Waals surface area contributed by atoms with Crippen molar-refractivity contribution in [2.75, 3.05) is 6.61 Å². The zero-order valence-corrected chi connectivity index (χ0v) is 21.9. The molecule has 0 unspecified atom stereocenters. The van der Waals surface area contributed by atoms with E-state index in [-0.39, 0.29) is 12.2 Å². The Morgan fingerprint density at radius 1 is 1.19 bits per heavy atom. The smallest absolute Gasteiger partial charge is 0.338 e. The van der Waals surface area contributed by atoms with Gasteiger partial charge in [0.15, 0.2) is 4.80 Å². The number of carbonyl (C=O) groups is 1. The normalized spacial score (nSPS) is 15.3. The molecule has 0 amide bonds. The van der Waals surface area contributed by atoms with Gasteiger partial charge in [-0.15, -0.1) is 0 Å². The number of carbonyl (C=O) groups excluding carboxylic acids is 1. The van der Waals surface area contributed by atoms with Crippen LogP contribution in [0.4, 0.5) is 0 Å². The molecule has 186 valence electrons. The predicted molar refractivity (Wildman–Crippen MR) is 146 cm³/mol. The first-order chi connectivity index (χ1) is 17.9. The van der Waals surface area contributed by atoms with E-state index in [0.717, 1.165) is 5.56 Å². The summed E-state index contributed by atoms with van der Waals surface area (Å²) in [5.74, 6) is 0.481. The summed E-state index contributed by atoms with van der Waals surface area (Å²) in [5, 5.41) is 0.986. The van der Waals surface area contributed by atoms with Crippen molar-refractivity contribution in [3.63, 3.8) is 0 Å². The molecule has 2 aromatic heterocycles. The molecule has 1 aliphatic heterocycles. The van der Waals surface area contributed by atoms with E-state index in [2.05, 4.69) is 11.6 Å². The lowest BCUT2D eigenvalue weighted by atomic mass is 9.96. The third-order valence-corrected chi connectivity index (χ3v) is 7.32. The second-order valence-electron chi connectivity index (χ2n) is 8.21. The first kappa shape index (κ1) is 25.0. The van der Waals surface area contributed by atoms with Crippen molar-refractivity contribution in [3.8, 4) is 11.3 Å². The minimum atomic E-state index is -0.683. The number of fused-ring (bicyclic) bond motifs is 1. The highest BCUT2D eigenvalue weighted by Crippen LogP contribution is 2.32. The molecule has 2 aromatic carbocycles. The zero-order chi connectivity index (χ0) is 26.1. The molecule has 37 heavy (non-hydrogen) atoms. The monoisotopic (exact) mass is 550 g/mol. The number of furan rings is 1. The minimum Gasteiger partial charge on any atom is -0.458 e.